The Labute approximate surface area is 112 Å². The van der Waals surface area contributed by atoms with Crippen LogP contribution < -0.4 is 0 Å². The third-order valence-corrected chi connectivity index (χ3v) is 3.43. The Morgan fingerprint density at radius 3 is 2.53 bits per heavy atom. The molecule has 3 aromatic rings. The molecule has 0 unspecified atom stereocenters. The summed E-state index contributed by atoms with van der Waals surface area (Å²) in [5, 5.41) is 1.26. The van der Waals surface area contributed by atoms with E-state index in [1.807, 2.05) is 30.6 Å². The molecule has 0 fully saturated rings. The number of benzene rings is 2. The Balaban J connectivity index is 2.00. The van der Waals surface area contributed by atoms with E-state index >= 15 is 0 Å². The summed E-state index contributed by atoms with van der Waals surface area (Å²) in [7, 11) is 0. The first-order valence-corrected chi connectivity index (χ1v) is 6.30. The minimum atomic E-state index is 0.595. The molecule has 2 nitrogen and oxygen atoms in total. The van der Waals surface area contributed by atoms with E-state index in [0.717, 1.165) is 6.54 Å². The van der Waals surface area contributed by atoms with Crippen LogP contribution in [0.15, 0.2) is 54.6 Å². The number of nitrogens with zero attached hydrogens (tertiary/aromatic N) is 1. The van der Waals surface area contributed by atoms with E-state index in [0.29, 0.717) is 5.56 Å². The zero-order valence-corrected chi connectivity index (χ0v) is 10.8. The third-order valence-electron chi connectivity index (χ3n) is 3.43. The van der Waals surface area contributed by atoms with E-state index < -0.39 is 0 Å². The molecule has 0 atom stereocenters. The Morgan fingerprint density at radius 1 is 1.05 bits per heavy atom. The van der Waals surface area contributed by atoms with Gasteiger partial charge in [-0.25, -0.2) is 0 Å². The second-order valence-electron chi connectivity index (χ2n) is 4.73. The highest BCUT2D eigenvalue weighted by Gasteiger charge is 2.05. The number of rotatable bonds is 3. The van der Waals surface area contributed by atoms with Crippen LogP contribution in [0.25, 0.3) is 10.9 Å². The number of carbonyl (C=O) groups excluding carboxylic acids is 1. The van der Waals surface area contributed by atoms with Crippen LogP contribution in [0.1, 0.15) is 16.8 Å². The maximum absolute atomic E-state index is 10.5. The summed E-state index contributed by atoms with van der Waals surface area (Å²) in [4.78, 5) is 10.5. The largest absolute Gasteiger partial charge is 0.340 e. The second kappa shape index (κ2) is 4.73. The molecular formula is C17H14NO. The van der Waals surface area contributed by atoms with Gasteiger partial charge in [0.05, 0.1) is 0 Å². The Bertz CT molecular complexity index is 723. The first-order valence-electron chi connectivity index (χ1n) is 6.30. The summed E-state index contributed by atoms with van der Waals surface area (Å²) < 4.78 is 2.29. The van der Waals surface area contributed by atoms with Crippen molar-refractivity contribution in [1.29, 1.82) is 0 Å². The van der Waals surface area contributed by atoms with Crippen molar-refractivity contribution in [2.24, 2.45) is 0 Å². The lowest BCUT2D eigenvalue weighted by molar-refractivity contribution is 0.562. The number of aryl methyl sites for hydroxylation is 1. The van der Waals surface area contributed by atoms with Gasteiger partial charge in [0.1, 0.15) is 0 Å². The smallest absolute Gasteiger partial charge is 0.233 e. The lowest BCUT2D eigenvalue weighted by Crippen LogP contribution is -2.01. The molecule has 19 heavy (non-hydrogen) atoms. The van der Waals surface area contributed by atoms with Crippen molar-refractivity contribution in [2.75, 3.05) is 0 Å². The summed E-state index contributed by atoms with van der Waals surface area (Å²) in [6.45, 7) is 2.94. The highest BCUT2D eigenvalue weighted by molar-refractivity contribution is 5.81. The molecule has 2 aromatic carbocycles. The Kier molecular flexibility index (Phi) is 2.92. The second-order valence-corrected chi connectivity index (χ2v) is 4.73. The van der Waals surface area contributed by atoms with Crippen molar-refractivity contribution in [3.05, 3.63) is 71.4 Å². The van der Waals surface area contributed by atoms with Crippen LogP contribution in [0.3, 0.4) is 0 Å². The van der Waals surface area contributed by atoms with Gasteiger partial charge in [-0.05, 0) is 30.0 Å². The van der Waals surface area contributed by atoms with E-state index in [1.54, 1.807) is 0 Å². The molecule has 1 heterocycles. The molecule has 0 saturated heterocycles. The van der Waals surface area contributed by atoms with Gasteiger partial charge < -0.3 is 4.57 Å². The fourth-order valence-electron chi connectivity index (χ4n) is 2.42. The highest BCUT2D eigenvalue weighted by atomic mass is 16.1. The summed E-state index contributed by atoms with van der Waals surface area (Å²) >= 11 is 0. The van der Waals surface area contributed by atoms with Gasteiger partial charge in [-0.15, -0.1) is 0 Å². The van der Waals surface area contributed by atoms with Gasteiger partial charge in [0, 0.05) is 23.3 Å². The van der Waals surface area contributed by atoms with E-state index in [9.17, 15) is 4.79 Å². The van der Waals surface area contributed by atoms with Gasteiger partial charge in [-0.1, -0.05) is 42.5 Å². The fraction of sp³-hybridized carbons (Fsp3) is 0.118. The van der Waals surface area contributed by atoms with Crippen LogP contribution in [0.5, 0.6) is 0 Å². The molecule has 3 rings (SSSR count). The monoisotopic (exact) mass is 248 g/mol. The first kappa shape index (κ1) is 11.7. The summed E-state index contributed by atoms with van der Waals surface area (Å²) in [5.41, 5.74) is 4.26. The fourth-order valence-corrected chi connectivity index (χ4v) is 2.42. The molecule has 0 spiro atoms. The van der Waals surface area contributed by atoms with Crippen LogP contribution in [0, 0.1) is 6.92 Å². The van der Waals surface area contributed by atoms with Crippen molar-refractivity contribution in [2.45, 2.75) is 13.5 Å². The van der Waals surface area contributed by atoms with Crippen molar-refractivity contribution in [3.63, 3.8) is 0 Å². The summed E-state index contributed by atoms with van der Waals surface area (Å²) in [5.74, 6) is 0. The minimum Gasteiger partial charge on any atom is -0.340 e. The SMILES string of the molecule is Cc1cc2ccccc2n1Cc1ccc([C]=O)cc1. The number of para-hydroxylation sites is 1. The van der Waals surface area contributed by atoms with Crippen molar-refractivity contribution in [1.82, 2.24) is 4.57 Å². The minimum absolute atomic E-state index is 0.595. The lowest BCUT2D eigenvalue weighted by Gasteiger charge is -2.08. The zero-order chi connectivity index (χ0) is 13.2. The van der Waals surface area contributed by atoms with Crippen LogP contribution in [-0.2, 0) is 11.3 Å². The molecule has 1 radical (unpaired) electrons. The van der Waals surface area contributed by atoms with Crippen molar-refractivity contribution >= 4 is 17.2 Å². The molecular weight excluding hydrogens is 234 g/mol. The van der Waals surface area contributed by atoms with Gasteiger partial charge in [-0.2, -0.15) is 0 Å². The third kappa shape index (κ3) is 2.17. The topological polar surface area (TPSA) is 22.0 Å². The molecule has 0 aliphatic rings. The zero-order valence-electron chi connectivity index (χ0n) is 10.8. The van der Waals surface area contributed by atoms with Crippen molar-refractivity contribution in [3.8, 4) is 0 Å². The normalized spacial score (nSPS) is 10.8. The molecule has 0 aliphatic carbocycles. The lowest BCUT2D eigenvalue weighted by atomic mass is 10.1. The number of fused-ring (bicyclic) bond motifs is 1. The quantitative estimate of drug-likeness (QED) is 0.695. The highest BCUT2D eigenvalue weighted by Crippen LogP contribution is 2.20. The average Bonchev–Trinajstić information content (AvgIpc) is 2.76. The molecule has 0 bridgehead atoms. The molecule has 2 heteroatoms. The Morgan fingerprint density at radius 2 is 1.79 bits per heavy atom. The van der Waals surface area contributed by atoms with E-state index in [1.165, 1.54) is 22.2 Å². The van der Waals surface area contributed by atoms with Gasteiger partial charge in [0.15, 0.2) is 0 Å². The number of hydrogen-bond acceptors (Lipinski definition) is 1. The molecule has 0 aliphatic heterocycles. The van der Waals surface area contributed by atoms with Gasteiger partial charge in [-0.3, -0.25) is 4.79 Å². The van der Waals surface area contributed by atoms with Crippen LogP contribution in [0.2, 0.25) is 0 Å². The first-order chi connectivity index (χ1) is 9.28. The van der Waals surface area contributed by atoms with E-state index in [2.05, 4.69) is 41.8 Å². The van der Waals surface area contributed by atoms with Gasteiger partial charge in [0.25, 0.3) is 0 Å². The van der Waals surface area contributed by atoms with Crippen molar-refractivity contribution < 1.29 is 4.79 Å². The summed E-state index contributed by atoms with van der Waals surface area (Å²) in [6.07, 6.45) is 1.90. The molecule has 0 amide bonds. The molecule has 93 valence electrons. The summed E-state index contributed by atoms with van der Waals surface area (Å²) in [6, 6.07) is 18.2. The van der Waals surface area contributed by atoms with E-state index in [4.69, 9.17) is 0 Å². The molecule has 1 aromatic heterocycles. The maximum Gasteiger partial charge on any atom is 0.233 e. The predicted molar refractivity (Wildman–Crippen MR) is 77.0 cm³/mol. The Hall–Kier alpha value is -2.35. The van der Waals surface area contributed by atoms with Gasteiger partial charge >= 0.3 is 0 Å². The van der Waals surface area contributed by atoms with Crippen LogP contribution >= 0.6 is 0 Å². The standard InChI is InChI=1S/C17H14NO/c1-13-10-16-4-2-3-5-17(16)18(13)11-14-6-8-15(12-19)9-7-14/h2-10H,11H2,1H3. The average molecular weight is 248 g/mol. The van der Waals surface area contributed by atoms with Crippen LogP contribution in [-0.4, -0.2) is 10.9 Å². The maximum atomic E-state index is 10.5. The number of aromatic nitrogens is 1. The van der Waals surface area contributed by atoms with Gasteiger partial charge in [0.2, 0.25) is 6.29 Å². The van der Waals surface area contributed by atoms with E-state index in [-0.39, 0.29) is 0 Å². The molecule has 0 N–H and O–H groups in total. The predicted octanol–water partition coefficient (Wildman–Crippen LogP) is 3.46. The molecule has 0 saturated carbocycles. The number of hydrogen-bond donors (Lipinski definition) is 0. The van der Waals surface area contributed by atoms with Crippen LogP contribution in [0.4, 0.5) is 0 Å².